The molecule has 0 aromatic carbocycles. The zero-order valence-corrected chi connectivity index (χ0v) is 17.7. The van der Waals surface area contributed by atoms with E-state index in [0.717, 1.165) is 6.07 Å². The molecule has 0 fully saturated rings. The molecule has 29 heavy (non-hydrogen) atoms. The topological polar surface area (TPSA) is 68.0 Å². The van der Waals surface area contributed by atoms with Crippen LogP contribution < -0.4 is 0 Å². The normalized spacial score (nSPS) is 13.3. The van der Waals surface area contributed by atoms with Crippen molar-refractivity contribution in [2.75, 3.05) is 0 Å². The van der Waals surface area contributed by atoms with Gasteiger partial charge in [-0.25, -0.2) is 9.97 Å². The molecule has 1 N–H and O–H groups in total. The van der Waals surface area contributed by atoms with Gasteiger partial charge < -0.3 is 9.67 Å². The largest absolute Gasteiger partial charge is 0.433 e. The van der Waals surface area contributed by atoms with E-state index in [1.807, 2.05) is 20.8 Å². The van der Waals surface area contributed by atoms with Crippen LogP contribution in [0.1, 0.15) is 78.2 Å². The van der Waals surface area contributed by atoms with Gasteiger partial charge in [0.05, 0.1) is 5.60 Å². The lowest BCUT2D eigenvalue weighted by molar-refractivity contribution is -0.141. The Balaban J connectivity index is 2.24. The van der Waals surface area contributed by atoms with Gasteiger partial charge in [-0.15, -0.1) is 0 Å². The van der Waals surface area contributed by atoms with Crippen LogP contribution in [0.2, 0.25) is 0 Å². The molecule has 8 heteroatoms. The number of fused-ring (bicyclic) bond motifs is 1. The molecule has 0 bridgehead atoms. The lowest BCUT2D eigenvalue weighted by atomic mass is 9.98. The molecule has 0 aliphatic heterocycles. The number of nitrogens with zero attached hydrogens (tertiary/aromatic N) is 3. The number of halogens is 3. The molecule has 0 radical (unpaired) electrons. The third-order valence-corrected chi connectivity index (χ3v) is 5.07. The van der Waals surface area contributed by atoms with E-state index in [1.165, 1.54) is 6.07 Å². The highest BCUT2D eigenvalue weighted by Crippen LogP contribution is 2.32. The number of aromatic nitrogens is 3. The number of aliphatic hydroxyl groups is 1. The van der Waals surface area contributed by atoms with E-state index in [0.29, 0.717) is 43.4 Å². The van der Waals surface area contributed by atoms with E-state index < -0.39 is 23.0 Å². The Labute approximate surface area is 169 Å². The van der Waals surface area contributed by atoms with Crippen molar-refractivity contribution in [2.45, 2.75) is 90.5 Å². The van der Waals surface area contributed by atoms with Crippen LogP contribution in [-0.4, -0.2) is 31.0 Å². The van der Waals surface area contributed by atoms with Crippen molar-refractivity contribution >= 4 is 16.9 Å². The van der Waals surface area contributed by atoms with Crippen LogP contribution in [-0.2, 0) is 22.9 Å². The lowest BCUT2D eigenvalue weighted by Gasteiger charge is -2.27. The summed E-state index contributed by atoms with van der Waals surface area (Å²) in [6, 6.07) is 2.32. The van der Waals surface area contributed by atoms with Gasteiger partial charge >= 0.3 is 6.18 Å². The molecule has 0 aliphatic carbocycles. The predicted molar refractivity (Wildman–Crippen MR) is 106 cm³/mol. The molecular weight excluding hydrogens is 383 g/mol. The third kappa shape index (κ3) is 6.01. The quantitative estimate of drug-likeness (QED) is 0.585. The number of ketones is 1. The Morgan fingerprint density at radius 1 is 1.10 bits per heavy atom. The van der Waals surface area contributed by atoms with Gasteiger partial charge in [-0.05, 0) is 59.1 Å². The number of pyridine rings is 1. The second kappa shape index (κ2) is 8.42. The molecule has 0 amide bonds. The van der Waals surface area contributed by atoms with Crippen molar-refractivity contribution in [3.05, 3.63) is 23.7 Å². The molecule has 0 saturated carbocycles. The van der Waals surface area contributed by atoms with Crippen molar-refractivity contribution in [1.29, 1.82) is 0 Å². The summed E-state index contributed by atoms with van der Waals surface area (Å²) in [6.07, 6.45) is -1.50. The van der Waals surface area contributed by atoms with E-state index in [9.17, 15) is 23.1 Å². The number of Topliss-reactive ketones (excluding diaryl/α,β-unsaturated/α-hetero) is 1. The first kappa shape index (κ1) is 23.3. The Morgan fingerprint density at radius 3 is 2.31 bits per heavy atom. The fourth-order valence-corrected chi connectivity index (χ4v) is 3.30. The Bertz CT molecular complexity index is 864. The van der Waals surface area contributed by atoms with E-state index >= 15 is 0 Å². The Morgan fingerprint density at radius 2 is 1.76 bits per heavy atom. The summed E-state index contributed by atoms with van der Waals surface area (Å²) in [6.45, 7) is 9.07. The zero-order chi connectivity index (χ0) is 22.0. The minimum absolute atomic E-state index is 0.00335. The monoisotopic (exact) mass is 413 g/mol. The molecule has 162 valence electrons. The van der Waals surface area contributed by atoms with Crippen LogP contribution in [0.5, 0.6) is 0 Å². The standard InChI is InChI=1S/C21H30F3N3O2/c1-6-19(2,3)27-17(10-8-7-9-14(28)13-20(4,5)29)25-15-11-12-16(21(22,23)24)26-18(15)27/h11-12,29H,6-10,13H2,1-5H3. The molecule has 2 rings (SSSR count). The first-order valence-corrected chi connectivity index (χ1v) is 9.95. The van der Waals surface area contributed by atoms with Crippen molar-refractivity contribution < 1.29 is 23.1 Å². The van der Waals surface area contributed by atoms with Crippen LogP contribution in [0.4, 0.5) is 13.2 Å². The predicted octanol–water partition coefficient (Wildman–Crippen LogP) is 5.04. The van der Waals surface area contributed by atoms with Gasteiger partial charge in [0, 0.05) is 24.8 Å². The third-order valence-electron chi connectivity index (χ3n) is 5.07. The van der Waals surface area contributed by atoms with E-state index in [1.54, 1.807) is 18.4 Å². The van der Waals surface area contributed by atoms with Crippen molar-refractivity contribution in [3.63, 3.8) is 0 Å². The molecule has 0 aliphatic rings. The highest BCUT2D eigenvalue weighted by atomic mass is 19.4. The summed E-state index contributed by atoms with van der Waals surface area (Å²) in [4.78, 5) is 20.3. The minimum atomic E-state index is -4.51. The smallest absolute Gasteiger partial charge is 0.390 e. The zero-order valence-electron chi connectivity index (χ0n) is 17.7. The second-order valence-electron chi connectivity index (χ2n) is 8.80. The SMILES string of the molecule is CCC(C)(C)n1c(CCCCC(=O)CC(C)(C)O)nc2ccc(C(F)(F)F)nc21. The first-order chi connectivity index (χ1) is 13.2. The number of rotatable bonds is 9. The summed E-state index contributed by atoms with van der Waals surface area (Å²) in [5, 5.41) is 9.71. The number of carbonyl (C=O) groups is 1. The van der Waals surface area contributed by atoms with Crippen LogP contribution >= 0.6 is 0 Å². The van der Waals surface area contributed by atoms with Gasteiger partial charge in [-0.1, -0.05) is 6.92 Å². The molecule has 0 atom stereocenters. The number of hydrogen-bond donors (Lipinski definition) is 1. The van der Waals surface area contributed by atoms with E-state index in [4.69, 9.17) is 0 Å². The van der Waals surface area contributed by atoms with Crippen LogP contribution in [0.3, 0.4) is 0 Å². The molecule has 2 heterocycles. The minimum Gasteiger partial charge on any atom is -0.390 e. The van der Waals surface area contributed by atoms with E-state index in [-0.39, 0.29) is 17.9 Å². The average Bonchev–Trinajstić information content (AvgIpc) is 2.94. The van der Waals surface area contributed by atoms with Crippen molar-refractivity contribution in [2.24, 2.45) is 0 Å². The summed E-state index contributed by atoms with van der Waals surface area (Å²) in [7, 11) is 0. The molecular formula is C21H30F3N3O2. The molecule has 2 aromatic heterocycles. The molecule has 5 nitrogen and oxygen atoms in total. The number of aryl methyl sites for hydroxylation is 1. The highest BCUT2D eigenvalue weighted by Gasteiger charge is 2.34. The number of alkyl halides is 3. The fourth-order valence-electron chi connectivity index (χ4n) is 3.30. The van der Waals surface area contributed by atoms with Crippen molar-refractivity contribution in [3.8, 4) is 0 Å². The average molecular weight is 413 g/mol. The number of hydrogen-bond acceptors (Lipinski definition) is 4. The second-order valence-corrected chi connectivity index (χ2v) is 8.80. The Kier molecular flexibility index (Phi) is 6.77. The van der Waals surface area contributed by atoms with Gasteiger partial charge in [0.2, 0.25) is 0 Å². The summed E-state index contributed by atoms with van der Waals surface area (Å²) >= 11 is 0. The van der Waals surface area contributed by atoms with Gasteiger partial charge in [0.1, 0.15) is 22.8 Å². The molecule has 2 aromatic rings. The molecule has 0 unspecified atom stereocenters. The number of unbranched alkanes of at least 4 members (excludes halogenated alkanes) is 1. The van der Waals surface area contributed by atoms with Gasteiger partial charge in [-0.2, -0.15) is 13.2 Å². The molecule has 0 saturated heterocycles. The highest BCUT2D eigenvalue weighted by molar-refractivity contribution is 5.79. The maximum absolute atomic E-state index is 13.1. The first-order valence-electron chi connectivity index (χ1n) is 9.95. The van der Waals surface area contributed by atoms with Crippen molar-refractivity contribution in [1.82, 2.24) is 14.5 Å². The fraction of sp³-hybridized carbons (Fsp3) is 0.667. The lowest BCUT2D eigenvalue weighted by Crippen LogP contribution is -2.28. The number of carbonyl (C=O) groups excluding carboxylic acids is 1. The Hall–Kier alpha value is -1.96. The van der Waals surface area contributed by atoms with Crippen LogP contribution in [0.25, 0.3) is 11.2 Å². The maximum Gasteiger partial charge on any atom is 0.433 e. The van der Waals surface area contributed by atoms with E-state index in [2.05, 4.69) is 9.97 Å². The molecule has 0 spiro atoms. The van der Waals surface area contributed by atoms with Gasteiger partial charge in [-0.3, -0.25) is 4.79 Å². The van der Waals surface area contributed by atoms with Crippen LogP contribution in [0, 0.1) is 0 Å². The van der Waals surface area contributed by atoms with Gasteiger partial charge in [0.15, 0.2) is 5.65 Å². The maximum atomic E-state index is 13.1. The summed E-state index contributed by atoms with van der Waals surface area (Å²) < 4.78 is 41.2. The summed E-state index contributed by atoms with van der Waals surface area (Å²) in [5.74, 6) is 0.671. The van der Waals surface area contributed by atoms with Crippen LogP contribution in [0.15, 0.2) is 12.1 Å². The number of imidazole rings is 1. The summed E-state index contributed by atoms with van der Waals surface area (Å²) in [5.41, 5.74) is -1.72. The van der Waals surface area contributed by atoms with Gasteiger partial charge in [0.25, 0.3) is 0 Å².